The summed E-state index contributed by atoms with van der Waals surface area (Å²) < 4.78 is 0. The summed E-state index contributed by atoms with van der Waals surface area (Å²) in [6.45, 7) is 4.69. The standard InChI is InChI=1S/C57H43N/c1-57(2)52-33-16-14-30-49(52)51-39-44(36-37-53(51)57)43-26-18-27-45(38-43)58(54-34-17-15-29-47(54)41-22-8-4-9-23-41)55-35-19-32-48(42-24-10-5-11-25-42)56(55)50-31-13-12-28-46(50)40-20-6-3-7-21-40/h3-39H,1-2H3. The van der Waals surface area contributed by atoms with Crippen LogP contribution in [0.2, 0.25) is 0 Å². The van der Waals surface area contributed by atoms with Crippen LogP contribution in [-0.4, -0.2) is 0 Å². The fourth-order valence-corrected chi connectivity index (χ4v) is 9.10. The van der Waals surface area contributed by atoms with Crippen LogP contribution in [0.3, 0.4) is 0 Å². The van der Waals surface area contributed by atoms with Crippen LogP contribution in [0, 0.1) is 0 Å². The zero-order valence-corrected chi connectivity index (χ0v) is 32.8. The van der Waals surface area contributed by atoms with Crippen molar-refractivity contribution in [3.63, 3.8) is 0 Å². The second kappa shape index (κ2) is 14.7. The number of para-hydroxylation sites is 1. The third kappa shape index (κ3) is 6.13. The van der Waals surface area contributed by atoms with E-state index in [1.807, 2.05) is 0 Å². The molecule has 1 nitrogen and oxygen atoms in total. The minimum atomic E-state index is -0.0412. The van der Waals surface area contributed by atoms with Gasteiger partial charge >= 0.3 is 0 Å². The number of hydrogen-bond donors (Lipinski definition) is 0. The Morgan fingerprint density at radius 1 is 0.293 bits per heavy atom. The van der Waals surface area contributed by atoms with Crippen molar-refractivity contribution in [2.24, 2.45) is 0 Å². The Balaban J connectivity index is 1.24. The molecule has 0 aliphatic heterocycles. The monoisotopic (exact) mass is 741 g/mol. The molecule has 0 radical (unpaired) electrons. The lowest BCUT2D eigenvalue weighted by atomic mass is 9.82. The van der Waals surface area contributed by atoms with Crippen molar-refractivity contribution < 1.29 is 0 Å². The fraction of sp³-hybridized carbons (Fsp3) is 0.0526. The van der Waals surface area contributed by atoms with Gasteiger partial charge in [0.2, 0.25) is 0 Å². The number of nitrogens with zero attached hydrogens (tertiary/aromatic N) is 1. The highest BCUT2D eigenvalue weighted by Crippen LogP contribution is 2.52. The lowest BCUT2D eigenvalue weighted by molar-refractivity contribution is 0.660. The molecule has 1 aliphatic carbocycles. The Bertz CT molecular complexity index is 2910. The predicted octanol–water partition coefficient (Wildman–Crippen LogP) is 15.8. The highest BCUT2D eigenvalue weighted by Gasteiger charge is 2.35. The summed E-state index contributed by atoms with van der Waals surface area (Å²) in [5.41, 5.74) is 20.5. The summed E-state index contributed by atoms with van der Waals surface area (Å²) >= 11 is 0. The van der Waals surface area contributed by atoms with E-state index in [4.69, 9.17) is 0 Å². The molecule has 9 aromatic carbocycles. The molecule has 0 N–H and O–H groups in total. The Kier molecular flexibility index (Phi) is 8.92. The average Bonchev–Trinajstić information content (AvgIpc) is 3.53. The summed E-state index contributed by atoms with van der Waals surface area (Å²) in [5.74, 6) is 0. The molecular weight excluding hydrogens is 699 g/mol. The van der Waals surface area contributed by atoms with E-state index < -0.39 is 0 Å². The predicted molar refractivity (Wildman–Crippen MR) is 246 cm³/mol. The van der Waals surface area contributed by atoms with Gasteiger partial charge in [-0.1, -0.05) is 208 Å². The van der Waals surface area contributed by atoms with Crippen LogP contribution in [0.15, 0.2) is 224 Å². The fourth-order valence-electron chi connectivity index (χ4n) is 9.10. The van der Waals surface area contributed by atoms with Gasteiger partial charge in [0.1, 0.15) is 0 Å². The molecule has 0 bridgehead atoms. The molecule has 1 heteroatoms. The van der Waals surface area contributed by atoms with E-state index >= 15 is 0 Å². The second-order valence-electron chi connectivity index (χ2n) is 15.7. The first kappa shape index (κ1) is 35.2. The van der Waals surface area contributed by atoms with E-state index in [0.717, 1.165) is 22.6 Å². The normalized spacial score (nSPS) is 12.4. The lowest BCUT2D eigenvalue weighted by Gasteiger charge is -2.32. The van der Waals surface area contributed by atoms with Gasteiger partial charge in [-0.05, 0) is 97.1 Å². The zero-order valence-electron chi connectivity index (χ0n) is 32.8. The van der Waals surface area contributed by atoms with Crippen LogP contribution < -0.4 is 4.90 Å². The largest absolute Gasteiger partial charge is 0.309 e. The Hall–Kier alpha value is -7.22. The number of benzene rings is 9. The Morgan fingerprint density at radius 3 is 1.47 bits per heavy atom. The van der Waals surface area contributed by atoms with Crippen LogP contribution >= 0.6 is 0 Å². The number of rotatable bonds is 8. The highest BCUT2D eigenvalue weighted by atomic mass is 15.1. The van der Waals surface area contributed by atoms with Crippen LogP contribution in [0.1, 0.15) is 25.0 Å². The molecular formula is C57H43N. The summed E-state index contributed by atoms with van der Waals surface area (Å²) in [5, 5.41) is 0. The van der Waals surface area contributed by atoms with Gasteiger partial charge in [0.05, 0.1) is 11.4 Å². The number of hydrogen-bond acceptors (Lipinski definition) is 1. The molecule has 1 aliphatic rings. The van der Waals surface area contributed by atoms with E-state index in [1.165, 1.54) is 72.3 Å². The van der Waals surface area contributed by atoms with Gasteiger partial charge in [-0.2, -0.15) is 0 Å². The molecule has 9 aromatic rings. The number of anilines is 3. The summed E-state index contributed by atoms with van der Waals surface area (Å²) in [6.07, 6.45) is 0. The van der Waals surface area contributed by atoms with Gasteiger partial charge in [0, 0.05) is 22.2 Å². The molecule has 0 spiro atoms. The van der Waals surface area contributed by atoms with Crippen molar-refractivity contribution in [3.05, 3.63) is 236 Å². The minimum absolute atomic E-state index is 0.0412. The Labute approximate surface area is 342 Å². The van der Waals surface area contributed by atoms with Crippen molar-refractivity contribution in [3.8, 4) is 66.8 Å². The maximum Gasteiger partial charge on any atom is 0.0546 e. The molecule has 0 unspecified atom stereocenters. The molecule has 276 valence electrons. The molecule has 0 saturated heterocycles. The molecule has 0 saturated carbocycles. The van der Waals surface area contributed by atoms with Crippen LogP contribution in [-0.2, 0) is 5.41 Å². The van der Waals surface area contributed by atoms with Crippen LogP contribution in [0.4, 0.5) is 17.1 Å². The van der Waals surface area contributed by atoms with E-state index in [-0.39, 0.29) is 5.41 Å². The average molecular weight is 742 g/mol. The van der Waals surface area contributed by atoms with Gasteiger partial charge in [-0.15, -0.1) is 0 Å². The molecule has 0 fully saturated rings. The first-order valence-electron chi connectivity index (χ1n) is 20.2. The maximum atomic E-state index is 2.49. The SMILES string of the molecule is CC1(C)c2ccccc2-c2cc(-c3cccc(N(c4ccccc4-c4ccccc4)c4cccc(-c5ccccc5)c4-c4ccccc4-c4ccccc4)c3)ccc21. The van der Waals surface area contributed by atoms with E-state index in [9.17, 15) is 0 Å². The van der Waals surface area contributed by atoms with Crippen molar-refractivity contribution >= 4 is 17.1 Å². The first-order valence-corrected chi connectivity index (χ1v) is 20.2. The summed E-state index contributed by atoms with van der Waals surface area (Å²) in [4.78, 5) is 2.49. The van der Waals surface area contributed by atoms with Crippen molar-refractivity contribution in [2.75, 3.05) is 4.90 Å². The zero-order chi connectivity index (χ0) is 39.1. The smallest absolute Gasteiger partial charge is 0.0546 e. The lowest BCUT2D eigenvalue weighted by Crippen LogP contribution is -2.14. The van der Waals surface area contributed by atoms with Crippen LogP contribution in [0.5, 0.6) is 0 Å². The van der Waals surface area contributed by atoms with Gasteiger partial charge in [-0.25, -0.2) is 0 Å². The van der Waals surface area contributed by atoms with E-state index in [2.05, 4.69) is 243 Å². The third-order valence-electron chi connectivity index (χ3n) is 11.9. The quantitative estimate of drug-likeness (QED) is 0.150. The Morgan fingerprint density at radius 2 is 0.759 bits per heavy atom. The van der Waals surface area contributed by atoms with E-state index in [0.29, 0.717) is 0 Å². The van der Waals surface area contributed by atoms with Gasteiger partial charge in [-0.3, -0.25) is 0 Å². The van der Waals surface area contributed by atoms with Gasteiger partial charge in [0.15, 0.2) is 0 Å². The summed E-state index contributed by atoms with van der Waals surface area (Å²) in [7, 11) is 0. The first-order chi connectivity index (χ1) is 28.6. The van der Waals surface area contributed by atoms with Crippen molar-refractivity contribution in [2.45, 2.75) is 19.3 Å². The van der Waals surface area contributed by atoms with Gasteiger partial charge < -0.3 is 4.90 Å². The molecule has 0 heterocycles. The molecule has 0 amide bonds. The molecule has 0 atom stereocenters. The molecule has 10 rings (SSSR count). The molecule has 0 aromatic heterocycles. The third-order valence-corrected chi connectivity index (χ3v) is 11.9. The van der Waals surface area contributed by atoms with E-state index in [1.54, 1.807) is 0 Å². The van der Waals surface area contributed by atoms with Crippen molar-refractivity contribution in [1.82, 2.24) is 0 Å². The molecule has 58 heavy (non-hydrogen) atoms. The second-order valence-corrected chi connectivity index (χ2v) is 15.7. The maximum absolute atomic E-state index is 2.49. The summed E-state index contributed by atoms with van der Waals surface area (Å²) in [6, 6.07) is 81.9. The topological polar surface area (TPSA) is 3.24 Å². The van der Waals surface area contributed by atoms with Crippen LogP contribution in [0.25, 0.3) is 66.8 Å². The highest BCUT2D eigenvalue weighted by molar-refractivity contribution is 6.02. The number of fused-ring (bicyclic) bond motifs is 3. The minimum Gasteiger partial charge on any atom is -0.309 e. The van der Waals surface area contributed by atoms with Gasteiger partial charge in [0.25, 0.3) is 0 Å². The van der Waals surface area contributed by atoms with Crippen molar-refractivity contribution in [1.29, 1.82) is 0 Å².